The van der Waals surface area contributed by atoms with Gasteiger partial charge in [0, 0.05) is 6.20 Å². The Hall–Kier alpha value is -1.95. The molecular weight excluding hydrogens is 248 g/mol. The first-order valence-corrected chi connectivity index (χ1v) is 6.26. The van der Waals surface area contributed by atoms with E-state index in [2.05, 4.69) is 10.3 Å². The summed E-state index contributed by atoms with van der Waals surface area (Å²) in [6.07, 6.45) is 4.01. The molecule has 0 saturated carbocycles. The largest absolute Gasteiger partial charge is 0.481 e. The lowest BCUT2D eigenvalue weighted by molar-refractivity contribution is -0.147. The number of fused-ring (bicyclic) bond motifs is 2. The van der Waals surface area contributed by atoms with Gasteiger partial charge in [-0.2, -0.15) is 0 Å². The van der Waals surface area contributed by atoms with Crippen LogP contribution in [0.25, 0.3) is 0 Å². The number of anilines is 1. The Morgan fingerprint density at radius 1 is 1.32 bits per heavy atom. The van der Waals surface area contributed by atoms with Crippen LogP contribution in [-0.2, 0) is 14.3 Å². The SMILES string of the molecule is O=C(O)[C@@H]1[C@@H](C(=O)Nc2cccnc2)[C@H]2CC[C@@H]1O2. The molecule has 2 aliphatic heterocycles. The number of carboxylic acids is 1. The maximum absolute atomic E-state index is 12.2. The minimum absolute atomic E-state index is 0.275. The molecule has 0 radical (unpaired) electrons. The molecule has 0 spiro atoms. The summed E-state index contributed by atoms with van der Waals surface area (Å²) in [6.45, 7) is 0. The minimum Gasteiger partial charge on any atom is -0.481 e. The van der Waals surface area contributed by atoms with Crippen molar-refractivity contribution in [3.63, 3.8) is 0 Å². The minimum atomic E-state index is -0.960. The third kappa shape index (κ3) is 2.08. The van der Waals surface area contributed by atoms with Crippen LogP contribution in [0.1, 0.15) is 12.8 Å². The number of nitrogens with zero attached hydrogens (tertiary/aromatic N) is 1. The van der Waals surface area contributed by atoms with E-state index in [0.29, 0.717) is 5.69 Å². The van der Waals surface area contributed by atoms with Gasteiger partial charge in [-0.05, 0) is 25.0 Å². The van der Waals surface area contributed by atoms with Crippen LogP contribution < -0.4 is 5.32 Å². The molecular formula is C13H14N2O4. The fraction of sp³-hybridized carbons (Fsp3) is 0.462. The molecule has 0 aromatic carbocycles. The van der Waals surface area contributed by atoms with Gasteiger partial charge in [0.05, 0.1) is 35.9 Å². The average molecular weight is 262 g/mol. The number of nitrogens with one attached hydrogen (secondary N) is 1. The smallest absolute Gasteiger partial charge is 0.310 e. The second kappa shape index (κ2) is 4.62. The molecule has 1 amide bonds. The molecule has 3 rings (SSSR count). The monoisotopic (exact) mass is 262 g/mol. The molecule has 100 valence electrons. The maximum Gasteiger partial charge on any atom is 0.310 e. The van der Waals surface area contributed by atoms with E-state index in [1.165, 1.54) is 6.20 Å². The number of carbonyl (C=O) groups is 2. The fourth-order valence-electron chi connectivity index (χ4n) is 2.99. The van der Waals surface area contributed by atoms with Crippen LogP contribution in [0.15, 0.2) is 24.5 Å². The van der Waals surface area contributed by atoms with Crippen LogP contribution >= 0.6 is 0 Å². The third-order valence-corrected chi connectivity index (χ3v) is 3.79. The van der Waals surface area contributed by atoms with E-state index < -0.39 is 17.8 Å². The number of hydrogen-bond donors (Lipinski definition) is 2. The van der Waals surface area contributed by atoms with E-state index >= 15 is 0 Å². The summed E-state index contributed by atoms with van der Waals surface area (Å²) in [5.74, 6) is -2.61. The Balaban J connectivity index is 1.77. The zero-order valence-electron chi connectivity index (χ0n) is 10.2. The lowest BCUT2D eigenvalue weighted by Crippen LogP contribution is -2.40. The molecule has 0 aliphatic carbocycles. The van der Waals surface area contributed by atoms with Crippen molar-refractivity contribution in [1.29, 1.82) is 0 Å². The van der Waals surface area contributed by atoms with Crippen molar-refractivity contribution in [3.8, 4) is 0 Å². The Morgan fingerprint density at radius 3 is 2.68 bits per heavy atom. The van der Waals surface area contributed by atoms with Gasteiger partial charge in [-0.1, -0.05) is 0 Å². The van der Waals surface area contributed by atoms with E-state index in [1.54, 1.807) is 18.3 Å². The van der Waals surface area contributed by atoms with Gasteiger partial charge in [0.1, 0.15) is 0 Å². The van der Waals surface area contributed by atoms with Crippen molar-refractivity contribution < 1.29 is 19.4 Å². The van der Waals surface area contributed by atoms with Crippen molar-refractivity contribution in [2.24, 2.45) is 11.8 Å². The van der Waals surface area contributed by atoms with Crippen LogP contribution in [0, 0.1) is 11.8 Å². The molecule has 4 atom stereocenters. The van der Waals surface area contributed by atoms with Crippen molar-refractivity contribution in [3.05, 3.63) is 24.5 Å². The van der Waals surface area contributed by atoms with Gasteiger partial charge < -0.3 is 15.2 Å². The molecule has 1 aromatic heterocycles. The van der Waals surface area contributed by atoms with Gasteiger partial charge in [0.25, 0.3) is 0 Å². The topological polar surface area (TPSA) is 88.5 Å². The highest BCUT2D eigenvalue weighted by atomic mass is 16.5. The molecule has 2 N–H and O–H groups in total. The van der Waals surface area contributed by atoms with Gasteiger partial charge in [0.15, 0.2) is 0 Å². The Morgan fingerprint density at radius 2 is 2.05 bits per heavy atom. The highest BCUT2D eigenvalue weighted by Gasteiger charge is 2.55. The summed E-state index contributed by atoms with van der Waals surface area (Å²) >= 11 is 0. The normalized spacial score (nSPS) is 32.2. The van der Waals surface area contributed by atoms with Crippen molar-refractivity contribution in [2.75, 3.05) is 5.32 Å². The fourth-order valence-corrected chi connectivity index (χ4v) is 2.99. The molecule has 2 fully saturated rings. The lowest BCUT2D eigenvalue weighted by Gasteiger charge is -2.23. The van der Waals surface area contributed by atoms with Crippen molar-refractivity contribution in [2.45, 2.75) is 25.0 Å². The van der Waals surface area contributed by atoms with Gasteiger partial charge in [0.2, 0.25) is 5.91 Å². The standard InChI is InChI=1S/C13H14N2O4/c16-12(15-7-2-1-5-14-6-7)10-8-3-4-9(19-8)11(10)13(17)18/h1-2,5-6,8-11H,3-4H2,(H,15,16)(H,17,18)/t8-,9+,10+,11+/m1/s1. The van der Waals surface area contributed by atoms with E-state index in [4.69, 9.17) is 4.74 Å². The number of aliphatic carboxylic acids is 1. The number of rotatable bonds is 3. The highest BCUT2D eigenvalue weighted by molar-refractivity contribution is 5.96. The van der Waals surface area contributed by atoms with Gasteiger partial charge in [-0.25, -0.2) is 0 Å². The quantitative estimate of drug-likeness (QED) is 0.844. The van der Waals surface area contributed by atoms with Crippen LogP contribution in [0.3, 0.4) is 0 Å². The average Bonchev–Trinajstić information content (AvgIpc) is 2.99. The van der Waals surface area contributed by atoms with Crippen LogP contribution in [0.4, 0.5) is 5.69 Å². The number of aromatic nitrogens is 1. The number of carboxylic acid groups (broad SMARTS) is 1. The van der Waals surface area contributed by atoms with Crippen LogP contribution in [-0.4, -0.2) is 34.2 Å². The summed E-state index contributed by atoms with van der Waals surface area (Å²) in [5, 5.41) is 12.0. The Labute approximate surface area is 109 Å². The number of pyridine rings is 1. The van der Waals surface area contributed by atoms with E-state index in [1.807, 2.05) is 0 Å². The first-order valence-electron chi connectivity index (χ1n) is 6.26. The van der Waals surface area contributed by atoms with Crippen molar-refractivity contribution >= 4 is 17.6 Å². The molecule has 19 heavy (non-hydrogen) atoms. The first kappa shape index (κ1) is 12.1. The number of ether oxygens (including phenoxy) is 1. The molecule has 3 heterocycles. The molecule has 0 unspecified atom stereocenters. The van der Waals surface area contributed by atoms with E-state index in [0.717, 1.165) is 12.8 Å². The Kier molecular flexibility index (Phi) is 2.94. The maximum atomic E-state index is 12.2. The summed E-state index contributed by atoms with van der Waals surface area (Å²) in [5.41, 5.74) is 0.569. The molecule has 6 nitrogen and oxygen atoms in total. The predicted molar refractivity (Wildman–Crippen MR) is 65.4 cm³/mol. The summed E-state index contributed by atoms with van der Waals surface area (Å²) in [4.78, 5) is 27.4. The molecule has 2 saturated heterocycles. The highest BCUT2D eigenvalue weighted by Crippen LogP contribution is 2.44. The number of amides is 1. The summed E-state index contributed by atoms with van der Waals surface area (Å²) < 4.78 is 5.56. The van der Waals surface area contributed by atoms with Gasteiger partial charge in [-0.15, -0.1) is 0 Å². The van der Waals surface area contributed by atoms with Crippen molar-refractivity contribution in [1.82, 2.24) is 4.98 Å². The molecule has 2 aliphatic rings. The third-order valence-electron chi connectivity index (χ3n) is 3.79. The first-order chi connectivity index (χ1) is 9.16. The second-order valence-corrected chi connectivity index (χ2v) is 4.91. The predicted octanol–water partition coefficient (Wildman–Crippen LogP) is 0.898. The molecule has 2 bridgehead atoms. The lowest BCUT2D eigenvalue weighted by atomic mass is 9.78. The number of carbonyl (C=O) groups excluding carboxylic acids is 1. The van der Waals surface area contributed by atoms with Crippen LogP contribution in [0.2, 0.25) is 0 Å². The van der Waals surface area contributed by atoms with Crippen LogP contribution in [0.5, 0.6) is 0 Å². The van der Waals surface area contributed by atoms with E-state index in [9.17, 15) is 14.7 Å². The molecule has 1 aromatic rings. The Bertz CT molecular complexity index is 505. The number of hydrogen-bond acceptors (Lipinski definition) is 4. The van der Waals surface area contributed by atoms with E-state index in [-0.39, 0.29) is 18.1 Å². The molecule has 6 heteroatoms. The second-order valence-electron chi connectivity index (χ2n) is 4.91. The zero-order valence-corrected chi connectivity index (χ0v) is 10.2. The summed E-state index contributed by atoms with van der Waals surface area (Å²) in [7, 11) is 0. The zero-order chi connectivity index (χ0) is 13.4. The van der Waals surface area contributed by atoms with Gasteiger partial charge in [-0.3, -0.25) is 14.6 Å². The van der Waals surface area contributed by atoms with Gasteiger partial charge >= 0.3 is 5.97 Å². The summed E-state index contributed by atoms with van der Waals surface area (Å²) in [6, 6.07) is 3.43.